The van der Waals surface area contributed by atoms with E-state index < -0.39 is 41.9 Å². The number of fused-ring (bicyclic) bond motifs is 3. The summed E-state index contributed by atoms with van der Waals surface area (Å²) in [7, 11) is 0. The van der Waals surface area contributed by atoms with Gasteiger partial charge in [-0.05, 0) is 0 Å². The maximum absolute atomic E-state index is 12.2. The second-order valence-electron chi connectivity index (χ2n) is 5.40. The number of aliphatic hydroxyl groups excluding tert-OH is 2. The Morgan fingerprint density at radius 1 is 1.45 bits per heavy atom. The summed E-state index contributed by atoms with van der Waals surface area (Å²) in [4.78, 5) is 32.5. The summed E-state index contributed by atoms with van der Waals surface area (Å²) < 4.78 is 12.1. The predicted octanol–water partition coefficient (Wildman–Crippen LogP) is -2.99. The van der Waals surface area contributed by atoms with E-state index in [9.17, 15) is 19.8 Å². The zero-order valence-electron chi connectivity index (χ0n) is 11.1. The fourth-order valence-electron chi connectivity index (χ4n) is 3.00. The maximum atomic E-state index is 12.2. The molecule has 4 atom stereocenters. The molecule has 2 bridgehead atoms. The molecule has 2 fully saturated rings. The molecule has 0 radical (unpaired) electrons. The summed E-state index contributed by atoms with van der Waals surface area (Å²) in [6.45, 7) is -0.451. The number of rotatable bonds is 2. The highest BCUT2D eigenvalue weighted by Gasteiger charge is 2.62. The van der Waals surface area contributed by atoms with Gasteiger partial charge in [-0.25, -0.2) is 9.36 Å². The number of aromatic amines is 2. The summed E-state index contributed by atoms with van der Waals surface area (Å²) in [5.74, 6) is -0.160. The lowest BCUT2D eigenvalue weighted by Gasteiger charge is -2.29. The molecule has 2 saturated heterocycles. The van der Waals surface area contributed by atoms with Gasteiger partial charge in [-0.15, -0.1) is 0 Å². The first-order valence-corrected chi connectivity index (χ1v) is 6.55. The molecule has 0 aliphatic carbocycles. The van der Waals surface area contributed by atoms with E-state index in [0.29, 0.717) is 0 Å². The summed E-state index contributed by atoms with van der Waals surface area (Å²) in [6, 6.07) is 0. The smallest absolute Gasteiger partial charge is 0.330 e. The van der Waals surface area contributed by atoms with Crippen LogP contribution in [0.2, 0.25) is 0 Å². The van der Waals surface area contributed by atoms with Crippen molar-refractivity contribution in [2.24, 2.45) is 0 Å². The second kappa shape index (κ2) is 4.16. The predicted molar refractivity (Wildman–Crippen MR) is 71.1 cm³/mol. The van der Waals surface area contributed by atoms with E-state index in [1.54, 1.807) is 0 Å². The molecular formula is C11H13N5O6. The minimum absolute atomic E-state index is 0.00677. The van der Waals surface area contributed by atoms with Crippen molar-refractivity contribution < 1.29 is 19.7 Å². The van der Waals surface area contributed by atoms with Gasteiger partial charge >= 0.3 is 5.69 Å². The fraction of sp³-hybridized carbons (Fsp3) is 0.545. The molecule has 0 aromatic carbocycles. The highest BCUT2D eigenvalue weighted by Crippen LogP contribution is 2.44. The van der Waals surface area contributed by atoms with Gasteiger partial charge in [0, 0.05) is 0 Å². The number of nitrogens with two attached hydrogens (primary N) is 1. The number of hydrogen-bond acceptors (Lipinski definition) is 8. The SMILES string of the molecule is Nc1nc2c([nH]c(=O)n2[C@@H]2O[C@]3(CO)COC2C3O)c(=O)[nH]1. The zero-order valence-corrected chi connectivity index (χ0v) is 11.1. The van der Waals surface area contributed by atoms with Crippen molar-refractivity contribution in [2.45, 2.75) is 24.0 Å². The molecule has 2 aliphatic rings. The number of nitrogens with zero attached hydrogens (tertiary/aromatic N) is 2. The molecule has 0 saturated carbocycles. The van der Waals surface area contributed by atoms with Crippen LogP contribution in [0.1, 0.15) is 6.23 Å². The maximum Gasteiger partial charge on any atom is 0.330 e. The Balaban J connectivity index is 1.92. The number of hydrogen-bond donors (Lipinski definition) is 5. The molecule has 11 nitrogen and oxygen atoms in total. The van der Waals surface area contributed by atoms with Crippen LogP contribution in [0, 0.1) is 0 Å². The van der Waals surface area contributed by atoms with Crippen LogP contribution in [0.4, 0.5) is 5.95 Å². The lowest BCUT2D eigenvalue weighted by molar-refractivity contribution is -0.186. The van der Waals surface area contributed by atoms with Gasteiger partial charge in [0.1, 0.15) is 17.8 Å². The minimum Gasteiger partial charge on any atom is -0.393 e. The van der Waals surface area contributed by atoms with Gasteiger partial charge in [0.15, 0.2) is 17.4 Å². The first-order chi connectivity index (χ1) is 10.5. The normalized spacial score (nSPS) is 33.8. The number of anilines is 1. The molecule has 0 spiro atoms. The van der Waals surface area contributed by atoms with Crippen LogP contribution in [0.25, 0.3) is 11.2 Å². The van der Waals surface area contributed by atoms with Gasteiger partial charge in [-0.1, -0.05) is 0 Å². The van der Waals surface area contributed by atoms with Crippen LogP contribution in [0.5, 0.6) is 0 Å². The van der Waals surface area contributed by atoms with Crippen LogP contribution < -0.4 is 17.0 Å². The minimum atomic E-state index is -1.29. The third-order valence-corrected chi connectivity index (χ3v) is 4.13. The van der Waals surface area contributed by atoms with Crippen molar-refractivity contribution in [1.29, 1.82) is 0 Å². The van der Waals surface area contributed by atoms with Crippen LogP contribution >= 0.6 is 0 Å². The number of aliphatic hydroxyl groups is 2. The monoisotopic (exact) mass is 311 g/mol. The van der Waals surface area contributed by atoms with Crippen molar-refractivity contribution in [3.05, 3.63) is 20.8 Å². The van der Waals surface area contributed by atoms with E-state index in [1.807, 2.05) is 0 Å². The van der Waals surface area contributed by atoms with Gasteiger partial charge in [-0.3, -0.25) is 14.8 Å². The Hall–Kier alpha value is -2.21. The summed E-state index contributed by atoms with van der Waals surface area (Å²) in [5.41, 5.74) is 2.90. The van der Waals surface area contributed by atoms with Crippen LogP contribution in [-0.4, -0.2) is 60.8 Å². The van der Waals surface area contributed by atoms with E-state index in [0.717, 1.165) is 4.57 Å². The zero-order chi connectivity index (χ0) is 15.6. The Bertz CT molecular complexity index is 870. The molecule has 2 unspecified atom stereocenters. The average Bonchev–Trinajstić information content (AvgIpc) is 3.06. The first kappa shape index (κ1) is 13.5. The van der Waals surface area contributed by atoms with Crippen molar-refractivity contribution in [3.8, 4) is 0 Å². The van der Waals surface area contributed by atoms with E-state index >= 15 is 0 Å². The van der Waals surface area contributed by atoms with E-state index in [1.165, 1.54) is 0 Å². The van der Waals surface area contributed by atoms with Crippen molar-refractivity contribution >= 4 is 17.1 Å². The van der Waals surface area contributed by atoms with Gasteiger partial charge in [0.05, 0.1) is 13.2 Å². The number of nitrogen functional groups attached to an aromatic ring is 1. The number of H-pyrrole nitrogens is 2. The number of imidazole rings is 1. The molecule has 2 aliphatic heterocycles. The molecule has 4 heterocycles. The van der Waals surface area contributed by atoms with Gasteiger partial charge in [0.25, 0.3) is 5.56 Å². The van der Waals surface area contributed by atoms with Crippen molar-refractivity contribution in [2.75, 3.05) is 18.9 Å². The molecular weight excluding hydrogens is 298 g/mol. The number of nitrogens with one attached hydrogen (secondary N) is 2. The second-order valence-corrected chi connectivity index (χ2v) is 5.40. The van der Waals surface area contributed by atoms with Gasteiger partial charge in [0.2, 0.25) is 5.95 Å². The summed E-state index contributed by atoms with van der Waals surface area (Å²) in [5, 5.41) is 19.6. The third-order valence-electron chi connectivity index (χ3n) is 4.13. The van der Waals surface area contributed by atoms with E-state index in [-0.39, 0.29) is 23.7 Å². The van der Waals surface area contributed by atoms with Gasteiger partial charge < -0.3 is 25.4 Å². The lowest BCUT2D eigenvalue weighted by Crippen LogP contribution is -2.44. The number of aromatic nitrogens is 4. The molecule has 6 N–H and O–H groups in total. The molecule has 2 aromatic rings. The highest BCUT2D eigenvalue weighted by atomic mass is 16.7. The Morgan fingerprint density at radius 2 is 2.23 bits per heavy atom. The Kier molecular flexibility index (Phi) is 2.55. The largest absolute Gasteiger partial charge is 0.393 e. The molecule has 118 valence electrons. The fourth-order valence-corrected chi connectivity index (χ4v) is 3.00. The van der Waals surface area contributed by atoms with Crippen molar-refractivity contribution in [1.82, 2.24) is 19.5 Å². The molecule has 0 amide bonds. The molecule has 2 aromatic heterocycles. The Labute approximate surface area is 121 Å². The van der Waals surface area contributed by atoms with Gasteiger partial charge in [-0.2, -0.15) is 4.98 Å². The molecule has 22 heavy (non-hydrogen) atoms. The quantitative estimate of drug-likeness (QED) is 0.391. The average molecular weight is 311 g/mol. The Morgan fingerprint density at radius 3 is 2.91 bits per heavy atom. The lowest BCUT2D eigenvalue weighted by atomic mass is 10.0. The summed E-state index contributed by atoms with van der Waals surface area (Å²) >= 11 is 0. The summed E-state index contributed by atoms with van der Waals surface area (Å²) in [6.07, 6.45) is -2.98. The molecule has 11 heteroatoms. The number of ether oxygens (including phenoxy) is 2. The first-order valence-electron chi connectivity index (χ1n) is 6.55. The standard InChI is InChI=1S/C11H13N5O6/c12-9-14-6-3(7(19)15-9)13-10(20)16(6)8-4-5(18)11(1-17,22-8)2-21-4/h4-5,8,17-18H,1-2H2,(H,13,20)(H3,12,14,15,19)/t4?,5?,8-,11-/m1/s1. The van der Waals surface area contributed by atoms with E-state index in [4.69, 9.17) is 15.2 Å². The van der Waals surface area contributed by atoms with Crippen LogP contribution in [0.15, 0.2) is 9.59 Å². The highest BCUT2D eigenvalue weighted by molar-refractivity contribution is 5.70. The third kappa shape index (κ3) is 1.50. The van der Waals surface area contributed by atoms with E-state index in [2.05, 4.69) is 15.0 Å². The van der Waals surface area contributed by atoms with Crippen LogP contribution in [0.3, 0.4) is 0 Å². The molecule has 4 rings (SSSR count). The van der Waals surface area contributed by atoms with Crippen LogP contribution in [-0.2, 0) is 9.47 Å². The topological polar surface area (TPSA) is 168 Å². The van der Waals surface area contributed by atoms with Crippen molar-refractivity contribution in [3.63, 3.8) is 0 Å².